The largest absolute Gasteiger partial charge is 0.329 e. The Labute approximate surface area is 132 Å². The zero-order valence-corrected chi connectivity index (χ0v) is 14.8. The molecule has 2 fully saturated rings. The molecule has 2 aliphatic rings. The second-order valence-corrected chi connectivity index (χ2v) is 8.06. The first-order chi connectivity index (χ1) is 9.95. The minimum absolute atomic E-state index is 0.276. The van der Waals surface area contributed by atoms with E-state index in [4.69, 9.17) is 5.73 Å². The Morgan fingerprint density at radius 2 is 1.67 bits per heavy atom. The first-order valence-corrected chi connectivity index (χ1v) is 9.14. The van der Waals surface area contributed by atoms with Crippen LogP contribution in [0.3, 0.4) is 0 Å². The number of nitrogens with zero attached hydrogens (tertiary/aromatic N) is 2. The number of hydrogen-bond donors (Lipinski definition) is 1. The molecule has 1 atom stereocenters. The second kappa shape index (κ2) is 6.97. The minimum Gasteiger partial charge on any atom is -0.329 e. The summed E-state index contributed by atoms with van der Waals surface area (Å²) in [5.74, 6) is 0. The predicted molar refractivity (Wildman–Crippen MR) is 91.6 cm³/mol. The van der Waals surface area contributed by atoms with Crippen LogP contribution >= 0.6 is 0 Å². The second-order valence-electron chi connectivity index (χ2n) is 8.06. The maximum atomic E-state index is 6.30. The van der Waals surface area contributed by atoms with E-state index in [2.05, 4.69) is 37.5 Å². The first kappa shape index (κ1) is 17.2. The van der Waals surface area contributed by atoms with Crippen LogP contribution in [0.4, 0.5) is 0 Å². The van der Waals surface area contributed by atoms with Crippen molar-refractivity contribution in [1.82, 2.24) is 9.80 Å². The van der Waals surface area contributed by atoms with Crippen molar-refractivity contribution in [2.45, 2.75) is 77.8 Å². The highest BCUT2D eigenvalue weighted by Gasteiger charge is 2.40. The molecule has 0 spiro atoms. The van der Waals surface area contributed by atoms with Gasteiger partial charge in [-0.1, -0.05) is 20.3 Å². The Morgan fingerprint density at radius 1 is 1.00 bits per heavy atom. The fraction of sp³-hybridized carbons (Fsp3) is 1.00. The topological polar surface area (TPSA) is 32.5 Å². The van der Waals surface area contributed by atoms with E-state index in [9.17, 15) is 0 Å². The summed E-state index contributed by atoms with van der Waals surface area (Å²) in [6, 6.07) is 0.670. The Kier molecular flexibility index (Phi) is 5.72. The van der Waals surface area contributed by atoms with Crippen LogP contribution in [0.15, 0.2) is 0 Å². The van der Waals surface area contributed by atoms with Crippen LogP contribution in [-0.4, -0.2) is 54.1 Å². The lowest BCUT2D eigenvalue weighted by Crippen LogP contribution is -2.57. The van der Waals surface area contributed by atoms with E-state index in [1.54, 1.807) is 0 Å². The maximum absolute atomic E-state index is 6.30. The molecule has 0 amide bonds. The summed E-state index contributed by atoms with van der Waals surface area (Å²) in [6.07, 6.45) is 7.85. The molecule has 0 aromatic heterocycles. The van der Waals surface area contributed by atoms with Gasteiger partial charge < -0.3 is 10.6 Å². The Bertz CT molecular complexity index is 320. The van der Waals surface area contributed by atoms with E-state index in [1.165, 1.54) is 64.7 Å². The molecule has 2 rings (SSSR count). The van der Waals surface area contributed by atoms with Gasteiger partial charge in [0.05, 0.1) is 0 Å². The molecule has 0 radical (unpaired) electrons. The third kappa shape index (κ3) is 3.80. The molecule has 2 saturated heterocycles. The van der Waals surface area contributed by atoms with Gasteiger partial charge in [0.25, 0.3) is 0 Å². The van der Waals surface area contributed by atoms with Gasteiger partial charge in [-0.05, 0) is 71.0 Å². The van der Waals surface area contributed by atoms with Gasteiger partial charge >= 0.3 is 0 Å². The van der Waals surface area contributed by atoms with Crippen LogP contribution in [-0.2, 0) is 0 Å². The van der Waals surface area contributed by atoms with Crippen LogP contribution < -0.4 is 5.73 Å². The van der Waals surface area contributed by atoms with E-state index in [0.29, 0.717) is 11.5 Å². The third-order valence-corrected chi connectivity index (χ3v) is 6.56. The van der Waals surface area contributed by atoms with Gasteiger partial charge in [0, 0.05) is 24.7 Å². The lowest BCUT2D eigenvalue weighted by Gasteiger charge is -2.49. The normalized spacial score (nSPS) is 32.3. The molecule has 0 saturated carbocycles. The standard InChI is InChI=1S/C18H37N3/c1-5-17(4)8-13-21(14-9-17)18(15-19)7-6-11-20(12-10-18)16(2)3/h16H,5-15,19H2,1-4H3. The van der Waals surface area contributed by atoms with Crippen LogP contribution in [0.5, 0.6) is 0 Å². The number of likely N-dealkylation sites (tertiary alicyclic amines) is 2. The monoisotopic (exact) mass is 295 g/mol. The number of nitrogens with two attached hydrogens (primary N) is 1. The SMILES string of the molecule is CCC1(C)CCN(C2(CN)CCCN(C(C)C)CC2)CC1. The predicted octanol–water partition coefficient (Wildman–Crippen LogP) is 3.09. The van der Waals surface area contributed by atoms with Gasteiger partial charge in [0.15, 0.2) is 0 Å². The van der Waals surface area contributed by atoms with Crippen LogP contribution in [0.25, 0.3) is 0 Å². The summed E-state index contributed by atoms with van der Waals surface area (Å²) in [4.78, 5) is 5.39. The van der Waals surface area contributed by atoms with Gasteiger partial charge in [-0.25, -0.2) is 0 Å². The lowest BCUT2D eigenvalue weighted by molar-refractivity contribution is 0.0156. The summed E-state index contributed by atoms with van der Waals surface area (Å²) in [5.41, 5.74) is 7.15. The highest BCUT2D eigenvalue weighted by atomic mass is 15.2. The molecular weight excluding hydrogens is 258 g/mol. The number of hydrogen-bond acceptors (Lipinski definition) is 3. The molecule has 2 aliphatic heterocycles. The number of piperidine rings is 1. The zero-order chi connectivity index (χ0) is 15.5. The summed E-state index contributed by atoms with van der Waals surface area (Å²) < 4.78 is 0. The lowest BCUT2D eigenvalue weighted by atomic mass is 9.76. The van der Waals surface area contributed by atoms with Crippen LogP contribution in [0, 0.1) is 5.41 Å². The Balaban J connectivity index is 2.02. The van der Waals surface area contributed by atoms with Crippen molar-refractivity contribution in [3.05, 3.63) is 0 Å². The summed E-state index contributed by atoms with van der Waals surface area (Å²) in [6.45, 7) is 15.3. The highest BCUT2D eigenvalue weighted by Crippen LogP contribution is 2.39. The summed E-state index contributed by atoms with van der Waals surface area (Å²) in [5, 5.41) is 0. The van der Waals surface area contributed by atoms with E-state index in [-0.39, 0.29) is 5.54 Å². The van der Waals surface area contributed by atoms with E-state index < -0.39 is 0 Å². The molecule has 0 bridgehead atoms. The zero-order valence-electron chi connectivity index (χ0n) is 14.8. The summed E-state index contributed by atoms with van der Waals surface area (Å²) >= 11 is 0. The van der Waals surface area contributed by atoms with Crippen molar-refractivity contribution < 1.29 is 0 Å². The van der Waals surface area contributed by atoms with Crippen LogP contribution in [0.2, 0.25) is 0 Å². The molecule has 0 aromatic carbocycles. The molecule has 2 heterocycles. The quantitative estimate of drug-likeness (QED) is 0.865. The molecule has 0 aromatic rings. The van der Waals surface area contributed by atoms with E-state index in [1.807, 2.05) is 0 Å². The molecule has 2 N–H and O–H groups in total. The van der Waals surface area contributed by atoms with Crippen molar-refractivity contribution in [2.75, 3.05) is 32.7 Å². The average Bonchev–Trinajstić information content (AvgIpc) is 2.71. The molecule has 3 nitrogen and oxygen atoms in total. The smallest absolute Gasteiger partial charge is 0.0344 e. The number of rotatable bonds is 4. The van der Waals surface area contributed by atoms with Crippen molar-refractivity contribution in [2.24, 2.45) is 11.1 Å². The van der Waals surface area contributed by atoms with Crippen molar-refractivity contribution >= 4 is 0 Å². The fourth-order valence-corrected chi connectivity index (χ4v) is 4.24. The average molecular weight is 296 g/mol. The third-order valence-electron chi connectivity index (χ3n) is 6.56. The van der Waals surface area contributed by atoms with E-state index >= 15 is 0 Å². The molecule has 0 aliphatic carbocycles. The van der Waals surface area contributed by atoms with Gasteiger partial charge in [-0.3, -0.25) is 4.90 Å². The molecule has 21 heavy (non-hydrogen) atoms. The molecule has 3 heteroatoms. The Hall–Kier alpha value is -0.120. The van der Waals surface area contributed by atoms with Gasteiger partial charge in [0.1, 0.15) is 0 Å². The molecule has 1 unspecified atom stereocenters. The van der Waals surface area contributed by atoms with Crippen molar-refractivity contribution in [1.29, 1.82) is 0 Å². The van der Waals surface area contributed by atoms with Gasteiger partial charge in [-0.2, -0.15) is 0 Å². The van der Waals surface area contributed by atoms with Gasteiger partial charge in [0.2, 0.25) is 0 Å². The molecule has 124 valence electrons. The first-order valence-electron chi connectivity index (χ1n) is 9.14. The van der Waals surface area contributed by atoms with Crippen molar-refractivity contribution in [3.63, 3.8) is 0 Å². The minimum atomic E-state index is 0.276. The highest BCUT2D eigenvalue weighted by molar-refractivity contribution is 4.97. The van der Waals surface area contributed by atoms with Crippen LogP contribution in [0.1, 0.15) is 66.2 Å². The van der Waals surface area contributed by atoms with E-state index in [0.717, 1.165) is 6.54 Å². The molecular formula is C18H37N3. The summed E-state index contributed by atoms with van der Waals surface area (Å²) in [7, 11) is 0. The van der Waals surface area contributed by atoms with Crippen molar-refractivity contribution in [3.8, 4) is 0 Å². The Morgan fingerprint density at radius 3 is 2.19 bits per heavy atom. The maximum Gasteiger partial charge on any atom is 0.0344 e. The van der Waals surface area contributed by atoms with Gasteiger partial charge in [-0.15, -0.1) is 0 Å². The fourth-order valence-electron chi connectivity index (χ4n) is 4.24.